The minimum absolute atomic E-state index is 0.0123. The Morgan fingerprint density at radius 1 is 0.880 bits per heavy atom. The zero-order valence-corrected chi connectivity index (χ0v) is 13.8. The molecule has 0 saturated carbocycles. The molecule has 0 aromatic heterocycles. The summed E-state index contributed by atoms with van der Waals surface area (Å²) in [5.74, 6) is -0.666. The summed E-state index contributed by atoms with van der Waals surface area (Å²) in [6, 6.07) is 11.7. The summed E-state index contributed by atoms with van der Waals surface area (Å²) >= 11 is 0. The molecule has 25 heavy (non-hydrogen) atoms. The van der Waals surface area contributed by atoms with Gasteiger partial charge >= 0.3 is 0 Å². The fourth-order valence-corrected chi connectivity index (χ4v) is 2.15. The van der Waals surface area contributed by atoms with Crippen LogP contribution in [0.1, 0.15) is 33.6 Å². The molecular weight excluding hydrogens is 325 g/mol. The van der Waals surface area contributed by atoms with Crippen molar-refractivity contribution in [1.29, 1.82) is 0 Å². The lowest BCUT2D eigenvalue weighted by molar-refractivity contribution is -0.120. The molecule has 0 spiro atoms. The molecule has 1 amide bonds. The van der Waals surface area contributed by atoms with Crippen molar-refractivity contribution in [3.63, 3.8) is 0 Å². The second kappa shape index (κ2) is 8.73. The summed E-state index contributed by atoms with van der Waals surface area (Å²) in [5.41, 5.74) is 0.812. The van der Waals surface area contributed by atoms with Crippen LogP contribution in [-0.2, 0) is 4.79 Å². The smallest absolute Gasteiger partial charge is 0.220 e. The van der Waals surface area contributed by atoms with E-state index in [2.05, 4.69) is 5.32 Å². The molecule has 0 aliphatic carbocycles. The first-order valence-electron chi connectivity index (χ1n) is 7.72. The van der Waals surface area contributed by atoms with E-state index < -0.39 is 11.7 Å². The molecule has 2 aromatic carbocycles. The zero-order chi connectivity index (χ0) is 18.2. The largest absolute Gasteiger partial charge is 0.497 e. The number of halogens is 1. The van der Waals surface area contributed by atoms with Gasteiger partial charge in [0.15, 0.2) is 11.6 Å². The first-order chi connectivity index (χ1) is 12.0. The standard InChI is InChI=1S/C19H18FNO4/c1-25-16-8-4-13(5-9-16)17(22)10-11-19(24)21-12-18(23)14-2-6-15(20)7-3-14/h2-9H,10-12H2,1H3,(H,21,24). The molecule has 0 atom stereocenters. The third-order valence-corrected chi connectivity index (χ3v) is 3.60. The van der Waals surface area contributed by atoms with Crippen molar-refractivity contribution in [1.82, 2.24) is 5.32 Å². The van der Waals surface area contributed by atoms with E-state index in [1.165, 1.54) is 31.4 Å². The van der Waals surface area contributed by atoms with Crippen LogP contribution in [0.3, 0.4) is 0 Å². The molecule has 0 heterocycles. The maximum Gasteiger partial charge on any atom is 0.220 e. The molecule has 130 valence electrons. The Bertz CT molecular complexity index is 754. The van der Waals surface area contributed by atoms with Crippen molar-refractivity contribution in [2.24, 2.45) is 0 Å². The van der Waals surface area contributed by atoms with Gasteiger partial charge in [-0.25, -0.2) is 4.39 Å². The van der Waals surface area contributed by atoms with Crippen LogP contribution in [0.5, 0.6) is 5.75 Å². The number of carbonyl (C=O) groups excluding carboxylic acids is 3. The lowest BCUT2D eigenvalue weighted by Gasteiger charge is -2.05. The van der Waals surface area contributed by atoms with Crippen molar-refractivity contribution >= 4 is 17.5 Å². The van der Waals surface area contributed by atoms with E-state index in [4.69, 9.17) is 4.74 Å². The van der Waals surface area contributed by atoms with Crippen molar-refractivity contribution < 1.29 is 23.5 Å². The highest BCUT2D eigenvalue weighted by molar-refractivity contribution is 6.00. The SMILES string of the molecule is COc1ccc(C(=O)CCC(=O)NCC(=O)c2ccc(F)cc2)cc1. The van der Waals surface area contributed by atoms with E-state index in [0.29, 0.717) is 16.9 Å². The predicted molar refractivity (Wildman–Crippen MR) is 90.3 cm³/mol. The number of nitrogens with one attached hydrogen (secondary N) is 1. The Balaban J connectivity index is 1.77. The van der Waals surface area contributed by atoms with Gasteiger partial charge in [0.2, 0.25) is 5.91 Å². The molecule has 6 heteroatoms. The van der Waals surface area contributed by atoms with E-state index in [-0.39, 0.29) is 31.0 Å². The van der Waals surface area contributed by atoms with Crippen LogP contribution < -0.4 is 10.1 Å². The third-order valence-electron chi connectivity index (χ3n) is 3.60. The number of amides is 1. The third kappa shape index (κ3) is 5.53. The lowest BCUT2D eigenvalue weighted by Crippen LogP contribution is -2.29. The lowest BCUT2D eigenvalue weighted by atomic mass is 10.1. The van der Waals surface area contributed by atoms with Crippen LogP contribution >= 0.6 is 0 Å². The zero-order valence-electron chi connectivity index (χ0n) is 13.8. The Labute approximate surface area is 144 Å². The molecular formula is C19H18FNO4. The Hall–Kier alpha value is -3.02. The fraction of sp³-hybridized carbons (Fsp3) is 0.211. The monoisotopic (exact) mass is 343 g/mol. The van der Waals surface area contributed by atoms with Gasteiger partial charge in [0, 0.05) is 24.0 Å². The summed E-state index contributed by atoms with van der Waals surface area (Å²) < 4.78 is 17.8. The van der Waals surface area contributed by atoms with Crippen molar-refractivity contribution in [2.45, 2.75) is 12.8 Å². The number of rotatable bonds is 8. The fourth-order valence-electron chi connectivity index (χ4n) is 2.15. The predicted octanol–water partition coefficient (Wildman–Crippen LogP) is 2.80. The molecule has 5 nitrogen and oxygen atoms in total. The number of hydrogen-bond acceptors (Lipinski definition) is 4. The Kier molecular flexibility index (Phi) is 6.39. The molecule has 2 rings (SSSR count). The number of ether oxygens (including phenoxy) is 1. The highest BCUT2D eigenvalue weighted by Crippen LogP contribution is 2.13. The first kappa shape index (κ1) is 18.3. The topological polar surface area (TPSA) is 72.5 Å². The van der Waals surface area contributed by atoms with Gasteiger partial charge in [-0.3, -0.25) is 14.4 Å². The van der Waals surface area contributed by atoms with Crippen LogP contribution in [0.2, 0.25) is 0 Å². The van der Waals surface area contributed by atoms with Crippen LogP contribution in [0.15, 0.2) is 48.5 Å². The summed E-state index contributed by atoms with van der Waals surface area (Å²) in [5, 5.41) is 2.47. The van der Waals surface area contributed by atoms with Crippen LogP contribution in [0.25, 0.3) is 0 Å². The summed E-state index contributed by atoms with van der Waals surface area (Å²) in [6.45, 7) is -0.193. The minimum atomic E-state index is -0.433. The Morgan fingerprint density at radius 3 is 2.04 bits per heavy atom. The van der Waals surface area contributed by atoms with Crippen LogP contribution in [0, 0.1) is 5.82 Å². The maximum atomic E-state index is 12.8. The molecule has 1 N–H and O–H groups in total. The van der Waals surface area contributed by atoms with Gasteiger partial charge in [0.1, 0.15) is 11.6 Å². The van der Waals surface area contributed by atoms with Gasteiger partial charge in [-0.2, -0.15) is 0 Å². The average Bonchev–Trinajstić information content (AvgIpc) is 2.64. The molecule has 0 radical (unpaired) electrons. The van der Waals surface area contributed by atoms with E-state index in [1.54, 1.807) is 24.3 Å². The molecule has 0 saturated heterocycles. The van der Waals surface area contributed by atoms with Crippen molar-refractivity contribution in [2.75, 3.05) is 13.7 Å². The number of methoxy groups -OCH3 is 1. The molecule has 0 bridgehead atoms. The normalized spacial score (nSPS) is 10.2. The summed E-state index contributed by atoms with van der Waals surface area (Å²) in [4.78, 5) is 35.7. The van der Waals surface area contributed by atoms with E-state index in [9.17, 15) is 18.8 Å². The minimum Gasteiger partial charge on any atom is -0.497 e. The number of ketones is 2. The van der Waals surface area contributed by atoms with Crippen LogP contribution in [-0.4, -0.2) is 31.1 Å². The Morgan fingerprint density at radius 2 is 1.44 bits per heavy atom. The van der Waals surface area contributed by atoms with Gasteiger partial charge in [-0.1, -0.05) is 0 Å². The van der Waals surface area contributed by atoms with Gasteiger partial charge < -0.3 is 10.1 Å². The second-order valence-corrected chi connectivity index (χ2v) is 5.36. The maximum absolute atomic E-state index is 12.8. The van der Waals surface area contributed by atoms with E-state index >= 15 is 0 Å². The molecule has 0 fully saturated rings. The van der Waals surface area contributed by atoms with Gasteiger partial charge in [0.25, 0.3) is 0 Å². The van der Waals surface area contributed by atoms with E-state index in [0.717, 1.165) is 0 Å². The highest BCUT2D eigenvalue weighted by Gasteiger charge is 2.11. The molecule has 0 aliphatic heterocycles. The van der Waals surface area contributed by atoms with Crippen LogP contribution in [0.4, 0.5) is 4.39 Å². The van der Waals surface area contributed by atoms with Crippen molar-refractivity contribution in [3.05, 3.63) is 65.5 Å². The summed E-state index contributed by atoms with van der Waals surface area (Å²) in [7, 11) is 1.54. The van der Waals surface area contributed by atoms with Gasteiger partial charge in [-0.15, -0.1) is 0 Å². The quantitative estimate of drug-likeness (QED) is 0.748. The molecule has 2 aromatic rings. The number of Topliss-reactive ketones (excluding diaryl/α,β-unsaturated/α-hetero) is 2. The van der Waals surface area contributed by atoms with Gasteiger partial charge in [-0.05, 0) is 48.5 Å². The first-order valence-corrected chi connectivity index (χ1v) is 7.72. The number of benzene rings is 2. The summed E-state index contributed by atoms with van der Waals surface area (Å²) in [6.07, 6.45) is 0.0322. The highest BCUT2D eigenvalue weighted by atomic mass is 19.1. The molecule has 0 aliphatic rings. The average molecular weight is 343 g/mol. The van der Waals surface area contributed by atoms with E-state index in [1.807, 2.05) is 0 Å². The molecule has 0 unspecified atom stereocenters. The number of hydrogen-bond donors (Lipinski definition) is 1. The number of carbonyl (C=O) groups is 3. The second-order valence-electron chi connectivity index (χ2n) is 5.36. The van der Waals surface area contributed by atoms with Crippen molar-refractivity contribution in [3.8, 4) is 5.75 Å². The van der Waals surface area contributed by atoms with Gasteiger partial charge in [0.05, 0.1) is 13.7 Å².